The van der Waals surface area contributed by atoms with Crippen LogP contribution in [0.4, 0.5) is 0 Å². The molecule has 0 aliphatic rings. The zero-order valence-corrected chi connectivity index (χ0v) is 10.7. The van der Waals surface area contributed by atoms with Crippen molar-refractivity contribution in [2.75, 3.05) is 6.61 Å². The number of hydrogen-bond acceptors (Lipinski definition) is 2. The molecule has 0 saturated carbocycles. The summed E-state index contributed by atoms with van der Waals surface area (Å²) in [5.74, 6) is 1.20. The molecule has 2 nitrogen and oxygen atoms in total. The van der Waals surface area contributed by atoms with Gasteiger partial charge in [-0.2, -0.15) is 0 Å². The second-order valence-electron chi connectivity index (χ2n) is 4.12. The lowest BCUT2D eigenvalue weighted by atomic mass is 10.1. The van der Waals surface area contributed by atoms with Gasteiger partial charge in [0.15, 0.2) is 5.78 Å². The number of halogens is 1. The Balaban J connectivity index is 2.85. The van der Waals surface area contributed by atoms with E-state index in [1.54, 1.807) is 18.2 Å². The summed E-state index contributed by atoms with van der Waals surface area (Å²) in [5.41, 5.74) is 0.547. The molecule has 16 heavy (non-hydrogen) atoms. The average molecular weight is 241 g/mol. The third kappa shape index (κ3) is 3.53. The fourth-order valence-electron chi connectivity index (χ4n) is 1.26. The van der Waals surface area contributed by atoms with Gasteiger partial charge < -0.3 is 4.74 Å². The molecule has 0 saturated heterocycles. The highest BCUT2D eigenvalue weighted by molar-refractivity contribution is 6.34. The standard InChI is InChI=1S/C13H17ClO2/c1-4-13(15)11-7-10(5-6-12(11)14)16-8-9(2)3/h5-7,9H,4,8H2,1-3H3. The van der Waals surface area contributed by atoms with E-state index in [0.29, 0.717) is 35.3 Å². The SMILES string of the molecule is CCC(=O)c1cc(OCC(C)C)ccc1Cl. The molecule has 1 rings (SSSR count). The molecule has 1 aromatic carbocycles. The van der Waals surface area contributed by atoms with Crippen LogP contribution >= 0.6 is 11.6 Å². The summed E-state index contributed by atoms with van der Waals surface area (Å²) in [7, 11) is 0. The van der Waals surface area contributed by atoms with E-state index in [-0.39, 0.29) is 5.78 Å². The Labute approximate surface area is 102 Å². The lowest BCUT2D eigenvalue weighted by Crippen LogP contribution is -2.05. The number of hydrogen-bond donors (Lipinski definition) is 0. The van der Waals surface area contributed by atoms with Crippen molar-refractivity contribution in [2.45, 2.75) is 27.2 Å². The predicted molar refractivity (Wildman–Crippen MR) is 66.4 cm³/mol. The third-order valence-electron chi connectivity index (χ3n) is 2.14. The summed E-state index contributed by atoms with van der Waals surface area (Å²) in [4.78, 5) is 11.6. The molecule has 0 aliphatic carbocycles. The summed E-state index contributed by atoms with van der Waals surface area (Å²) in [6.45, 7) is 6.61. The molecular formula is C13H17ClO2. The van der Waals surface area contributed by atoms with Crippen molar-refractivity contribution < 1.29 is 9.53 Å². The molecule has 0 aromatic heterocycles. The maximum Gasteiger partial charge on any atom is 0.164 e. The zero-order chi connectivity index (χ0) is 12.1. The van der Waals surface area contributed by atoms with E-state index in [2.05, 4.69) is 13.8 Å². The molecule has 0 unspecified atom stereocenters. The van der Waals surface area contributed by atoms with Gasteiger partial charge in [-0.1, -0.05) is 32.4 Å². The Morgan fingerprint density at radius 3 is 2.69 bits per heavy atom. The molecule has 3 heteroatoms. The molecular weight excluding hydrogens is 224 g/mol. The largest absolute Gasteiger partial charge is 0.493 e. The van der Waals surface area contributed by atoms with Crippen molar-refractivity contribution in [3.63, 3.8) is 0 Å². The second kappa shape index (κ2) is 5.90. The molecule has 0 amide bonds. The first-order chi connectivity index (χ1) is 7.54. The monoisotopic (exact) mass is 240 g/mol. The minimum absolute atomic E-state index is 0.0417. The van der Waals surface area contributed by atoms with Gasteiger partial charge in [-0.15, -0.1) is 0 Å². The Hall–Kier alpha value is -1.02. The maximum atomic E-state index is 11.6. The lowest BCUT2D eigenvalue weighted by Gasteiger charge is -2.10. The summed E-state index contributed by atoms with van der Waals surface area (Å²) in [6, 6.07) is 5.22. The van der Waals surface area contributed by atoms with Crippen molar-refractivity contribution in [2.24, 2.45) is 5.92 Å². The van der Waals surface area contributed by atoms with Gasteiger partial charge in [-0.25, -0.2) is 0 Å². The molecule has 0 heterocycles. The number of rotatable bonds is 5. The molecule has 0 radical (unpaired) electrons. The Morgan fingerprint density at radius 1 is 1.44 bits per heavy atom. The fourth-order valence-corrected chi connectivity index (χ4v) is 1.48. The highest BCUT2D eigenvalue weighted by Crippen LogP contribution is 2.23. The topological polar surface area (TPSA) is 26.3 Å². The van der Waals surface area contributed by atoms with Crippen LogP contribution < -0.4 is 4.74 Å². The molecule has 0 aliphatic heterocycles. The molecule has 0 spiro atoms. The fraction of sp³-hybridized carbons (Fsp3) is 0.462. The number of Topliss-reactive ketones (excluding diaryl/α,β-unsaturated/α-hetero) is 1. The maximum absolute atomic E-state index is 11.6. The molecule has 1 aromatic rings. The van der Waals surface area contributed by atoms with Crippen LogP contribution in [0.3, 0.4) is 0 Å². The van der Waals surface area contributed by atoms with Gasteiger partial charge >= 0.3 is 0 Å². The van der Waals surface area contributed by atoms with Crippen LogP contribution in [0.25, 0.3) is 0 Å². The molecule has 0 bridgehead atoms. The predicted octanol–water partition coefficient (Wildman–Crippen LogP) is 3.97. The van der Waals surface area contributed by atoms with Crippen molar-refractivity contribution in [1.29, 1.82) is 0 Å². The van der Waals surface area contributed by atoms with E-state index in [9.17, 15) is 4.79 Å². The van der Waals surface area contributed by atoms with Gasteiger partial charge in [-0.05, 0) is 24.1 Å². The Morgan fingerprint density at radius 2 is 2.12 bits per heavy atom. The first-order valence-corrected chi connectivity index (χ1v) is 5.88. The number of benzene rings is 1. The van der Waals surface area contributed by atoms with Crippen LogP contribution in [-0.4, -0.2) is 12.4 Å². The average Bonchev–Trinajstić information content (AvgIpc) is 2.27. The quantitative estimate of drug-likeness (QED) is 0.728. The number of carbonyl (C=O) groups excluding carboxylic acids is 1. The van der Waals surface area contributed by atoms with E-state index in [1.165, 1.54) is 0 Å². The molecule has 0 fully saturated rings. The highest BCUT2D eigenvalue weighted by Gasteiger charge is 2.09. The molecule has 0 atom stereocenters. The van der Waals surface area contributed by atoms with E-state index in [4.69, 9.17) is 16.3 Å². The highest BCUT2D eigenvalue weighted by atomic mass is 35.5. The Kier molecular flexibility index (Phi) is 4.81. The lowest BCUT2D eigenvalue weighted by molar-refractivity contribution is 0.0988. The molecule has 88 valence electrons. The van der Waals surface area contributed by atoms with E-state index < -0.39 is 0 Å². The summed E-state index contributed by atoms with van der Waals surface area (Å²) >= 11 is 5.96. The van der Waals surface area contributed by atoms with E-state index in [0.717, 1.165) is 0 Å². The first-order valence-electron chi connectivity index (χ1n) is 5.50. The van der Waals surface area contributed by atoms with Crippen LogP contribution in [-0.2, 0) is 0 Å². The number of ether oxygens (including phenoxy) is 1. The van der Waals surface area contributed by atoms with Crippen LogP contribution in [0.1, 0.15) is 37.6 Å². The van der Waals surface area contributed by atoms with Crippen molar-refractivity contribution in [3.05, 3.63) is 28.8 Å². The normalized spacial score (nSPS) is 10.6. The van der Waals surface area contributed by atoms with Gasteiger partial charge in [0.2, 0.25) is 0 Å². The minimum atomic E-state index is 0.0417. The zero-order valence-electron chi connectivity index (χ0n) is 9.92. The van der Waals surface area contributed by atoms with Crippen molar-refractivity contribution in [1.82, 2.24) is 0 Å². The Bertz CT molecular complexity index is 372. The number of carbonyl (C=O) groups is 1. The van der Waals surface area contributed by atoms with Gasteiger partial charge in [0, 0.05) is 12.0 Å². The second-order valence-corrected chi connectivity index (χ2v) is 4.53. The summed E-state index contributed by atoms with van der Waals surface area (Å²) in [6.07, 6.45) is 0.452. The third-order valence-corrected chi connectivity index (χ3v) is 2.47. The first kappa shape index (κ1) is 13.0. The van der Waals surface area contributed by atoms with Crippen molar-refractivity contribution >= 4 is 17.4 Å². The van der Waals surface area contributed by atoms with Crippen molar-refractivity contribution in [3.8, 4) is 5.75 Å². The van der Waals surface area contributed by atoms with Gasteiger partial charge in [-0.3, -0.25) is 4.79 Å². The van der Waals surface area contributed by atoms with Gasteiger partial charge in [0.05, 0.1) is 11.6 Å². The van der Waals surface area contributed by atoms with Crippen LogP contribution in [0.5, 0.6) is 5.75 Å². The summed E-state index contributed by atoms with van der Waals surface area (Å²) < 4.78 is 5.55. The van der Waals surface area contributed by atoms with E-state index >= 15 is 0 Å². The summed E-state index contributed by atoms with van der Waals surface area (Å²) in [5, 5.41) is 0.490. The van der Waals surface area contributed by atoms with Crippen LogP contribution in [0.15, 0.2) is 18.2 Å². The minimum Gasteiger partial charge on any atom is -0.493 e. The molecule has 0 N–H and O–H groups in total. The smallest absolute Gasteiger partial charge is 0.164 e. The van der Waals surface area contributed by atoms with Crippen LogP contribution in [0, 0.1) is 5.92 Å². The van der Waals surface area contributed by atoms with Gasteiger partial charge in [0.25, 0.3) is 0 Å². The van der Waals surface area contributed by atoms with E-state index in [1.807, 2.05) is 6.92 Å². The number of ketones is 1. The van der Waals surface area contributed by atoms with Crippen LogP contribution in [0.2, 0.25) is 5.02 Å². The van der Waals surface area contributed by atoms with Gasteiger partial charge in [0.1, 0.15) is 5.75 Å².